The number of likely N-dealkylation sites (N-methyl/N-ethyl adjacent to an activating group) is 1. The molecule has 178 valence electrons. The zero-order valence-electron chi connectivity index (χ0n) is 18.7. The molecule has 1 aromatic carbocycles. The van der Waals surface area contributed by atoms with Gasteiger partial charge in [-0.25, -0.2) is 0 Å². The lowest BCUT2D eigenvalue weighted by Crippen LogP contribution is -2.54. The van der Waals surface area contributed by atoms with Crippen molar-refractivity contribution >= 4 is 29.1 Å². The Morgan fingerprint density at radius 3 is 2.56 bits per heavy atom. The number of ether oxygens (including phenoxy) is 2. The Morgan fingerprint density at radius 1 is 1.34 bits per heavy atom. The molecular formula is C21H30F2N4O5. The van der Waals surface area contributed by atoms with Crippen LogP contribution in [0.2, 0.25) is 0 Å². The lowest BCUT2D eigenvalue weighted by Gasteiger charge is -2.33. The van der Waals surface area contributed by atoms with E-state index in [1.807, 2.05) is 20.8 Å². The predicted molar refractivity (Wildman–Crippen MR) is 115 cm³/mol. The molecule has 1 aromatic rings. The van der Waals surface area contributed by atoms with Gasteiger partial charge < -0.3 is 25.4 Å². The number of nitrogens with one attached hydrogen (secondary N) is 1. The van der Waals surface area contributed by atoms with Gasteiger partial charge in [0.15, 0.2) is 11.8 Å². The van der Waals surface area contributed by atoms with Gasteiger partial charge in [-0.3, -0.25) is 19.3 Å². The Kier molecular flexibility index (Phi) is 8.51. The van der Waals surface area contributed by atoms with Gasteiger partial charge in [0.1, 0.15) is 6.61 Å². The van der Waals surface area contributed by atoms with Gasteiger partial charge in [0, 0.05) is 24.8 Å². The summed E-state index contributed by atoms with van der Waals surface area (Å²) in [5, 5.41) is 2.47. The molecule has 0 aliphatic carbocycles. The standard InChI is InChI=1S/C21H30F2N4O5/c1-5-26(12-21(2,3)4)17(18(24)29)19(30)25-14-7-6-13(10-15(14)32-20(22)23)27-8-9-31-11-16(27)28/h6-7,10,17,20H,5,8-9,11-12H2,1-4H3,(H2,24,29)(H,25,30)/t17-/m0/s1. The molecule has 1 aliphatic rings. The topological polar surface area (TPSA) is 114 Å². The number of nitrogens with two attached hydrogens (primary N) is 1. The van der Waals surface area contributed by atoms with E-state index in [0.717, 1.165) is 0 Å². The van der Waals surface area contributed by atoms with Crippen molar-refractivity contribution < 1.29 is 32.6 Å². The number of morpholine rings is 1. The Morgan fingerprint density at radius 2 is 2.03 bits per heavy atom. The van der Waals surface area contributed by atoms with Crippen molar-refractivity contribution in [3.63, 3.8) is 0 Å². The Labute approximate surface area is 185 Å². The van der Waals surface area contributed by atoms with Gasteiger partial charge in [-0.1, -0.05) is 27.7 Å². The minimum Gasteiger partial charge on any atom is -0.433 e. The van der Waals surface area contributed by atoms with Crippen LogP contribution in [-0.4, -0.2) is 68.1 Å². The summed E-state index contributed by atoms with van der Waals surface area (Å²) in [5.74, 6) is -2.30. The van der Waals surface area contributed by atoms with E-state index in [-0.39, 0.29) is 35.9 Å². The lowest BCUT2D eigenvalue weighted by atomic mass is 9.95. The van der Waals surface area contributed by atoms with E-state index >= 15 is 0 Å². The highest BCUT2D eigenvalue weighted by molar-refractivity contribution is 6.10. The van der Waals surface area contributed by atoms with Gasteiger partial charge in [-0.05, 0) is 24.1 Å². The van der Waals surface area contributed by atoms with Crippen LogP contribution in [0.4, 0.5) is 20.2 Å². The molecule has 0 aromatic heterocycles. The number of alkyl halides is 2. The number of anilines is 2. The normalized spacial score (nSPS) is 15.8. The highest BCUT2D eigenvalue weighted by atomic mass is 19.3. The summed E-state index contributed by atoms with van der Waals surface area (Å²) in [4.78, 5) is 40.1. The smallest absolute Gasteiger partial charge is 0.387 e. The zero-order chi connectivity index (χ0) is 24.1. The summed E-state index contributed by atoms with van der Waals surface area (Å²) >= 11 is 0. The number of benzene rings is 1. The predicted octanol–water partition coefficient (Wildman–Crippen LogP) is 1.81. The van der Waals surface area contributed by atoms with Gasteiger partial charge in [-0.2, -0.15) is 8.78 Å². The van der Waals surface area contributed by atoms with Crippen LogP contribution in [-0.2, 0) is 19.1 Å². The monoisotopic (exact) mass is 456 g/mol. The number of hydrogen-bond donors (Lipinski definition) is 2. The second-order valence-electron chi connectivity index (χ2n) is 8.57. The third-order valence-corrected chi connectivity index (χ3v) is 4.70. The van der Waals surface area contributed by atoms with Crippen molar-refractivity contribution in [1.29, 1.82) is 0 Å². The largest absolute Gasteiger partial charge is 0.433 e. The van der Waals surface area contributed by atoms with Crippen LogP contribution >= 0.6 is 0 Å². The first-order valence-electron chi connectivity index (χ1n) is 10.2. The number of carbonyl (C=O) groups excluding carboxylic acids is 3. The number of primary amides is 1. The molecule has 0 spiro atoms. The number of nitrogens with zero attached hydrogens (tertiary/aromatic N) is 2. The van der Waals surface area contributed by atoms with E-state index in [9.17, 15) is 23.2 Å². The van der Waals surface area contributed by atoms with Gasteiger partial charge >= 0.3 is 6.61 Å². The van der Waals surface area contributed by atoms with Crippen molar-refractivity contribution in [3.8, 4) is 5.75 Å². The fourth-order valence-electron chi connectivity index (χ4n) is 3.44. The summed E-state index contributed by atoms with van der Waals surface area (Å²) in [6.07, 6.45) is 0. The first-order valence-corrected chi connectivity index (χ1v) is 10.2. The molecule has 0 unspecified atom stereocenters. The van der Waals surface area contributed by atoms with E-state index < -0.39 is 24.5 Å². The van der Waals surface area contributed by atoms with Crippen LogP contribution in [0, 0.1) is 5.41 Å². The van der Waals surface area contributed by atoms with Crippen LogP contribution in [0.15, 0.2) is 18.2 Å². The van der Waals surface area contributed by atoms with Crippen LogP contribution in [0.1, 0.15) is 27.7 Å². The highest BCUT2D eigenvalue weighted by Crippen LogP contribution is 2.32. The van der Waals surface area contributed by atoms with E-state index in [1.165, 1.54) is 23.1 Å². The Bertz CT molecular complexity index is 844. The number of halogens is 2. The zero-order valence-corrected chi connectivity index (χ0v) is 18.7. The van der Waals surface area contributed by atoms with E-state index in [4.69, 9.17) is 10.5 Å². The molecule has 0 bridgehead atoms. The van der Waals surface area contributed by atoms with Gasteiger partial charge in [0.25, 0.3) is 11.8 Å². The van der Waals surface area contributed by atoms with E-state index in [2.05, 4.69) is 10.1 Å². The first-order chi connectivity index (χ1) is 14.9. The summed E-state index contributed by atoms with van der Waals surface area (Å²) in [5.41, 5.74) is 5.52. The molecule has 3 amide bonds. The first kappa shape index (κ1) is 25.5. The second kappa shape index (κ2) is 10.7. The van der Waals surface area contributed by atoms with Crippen molar-refractivity contribution in [2.45, 2.75) is 40.3 Å². The van der Waals surface area contributed by atoms with E-state index in [0.29, 0.717) is 25.4 Å². The quantitative estimate of drug-likeness (QED) is 0.548. The lowest BCUT2D eigenvalue weighted by molar-refractivity contribution is -0.133. The van der Waals surface area contributed by atoms with Crippen molar-refractivity contribution in [2.75, 3.05) is 43.1 Å². The van der Waals surface area contributed by atoms with Crippen LogP contribution in [0.5, 0.6) is 5.75 Å². The maximum atomic E-state index is 13.0. The second-order valence-corrected chi connectivity index (χ2v) is 8.57. The summed E-state index contributed by atoms with van der Waals surface area (Å²) in [6, 6.07) is 2.76. The summed E-state index contributed by atoms with van der Waals surface area (Å²) in [7, 11) is 0. The number of hydrogen-bond acceptors (Lipinski definition) is 6. The average Bonchev–Trinajstić information content (AvgIpc) is 2.67. The summed E-state index contributed by atoms with van der Waals surface area (Å²) < 4.78 is 35.7. The fraction of sp³-hybridized carbons (Fsp3) is 0.571. The SMILES string of the molecule is CCN(CC(C)(C)C)[C@@H](C(N)=O)C(=O)Nc1ccc(N2CCOCC2=O)cc1OC(F)F. The van der Waals surface area contributed by atoms with Crippen molar-refractivity contribution in [1.82, 2.24) is 4.90 Å². The maximum absolute atomic E-state index is 13.0. The van der Waals surface area contributed by atoms with Crippen molar-refractivity contribution in [3.05, 3.63) is 18.2 Å². The minimum absolute atomic E-state index is 0.0715. The number of amides is 3. The molecule has 11 heteroatoms. The van der Waals surface area contributed by atoms with E-state index in [1.54, 1.807) is 11.8 Å². The molecule has 0 saturated carbocycles. The third kappa shape index (κ3) is 6.86. The van der Waals surface area contributed by atoms with Crippen LogP contribution in [0.3, 0.4) is 0 Å². The molecule has 2 rings (SSSR count). The van der Waals surface area contributed by atoms with Crippen molar-refractivity contribution in [2.24, 2.45) is 11.1 Å². The van der Waals surface area contributed by atoms with Gasteiger partial charge in [-0.15, -0.1) is 0 Å². The Hall–Kier alpha value is -2.79. The molecule has 1 fully saturated rings. The third-order valence-electron chi connectivity index (χ3n) is 4.70. The van der Waals surface area contributed by atoms with Gasteiger partial charge in [0.2, 0.25) is 5.91 Å². The molecular weight excluding hydrogens is 426 g/mol. The number of carbonyl (C=O) groups is 3. The molecule has 1 saturated heterocycles. The molecule has 1 aliphatic heterocycles. The molecule has 32 heavy (non-hydrogen) atoms. The van der Waals surface area contributed by atoms with Crippen LogP contribution < -0.4 is 20.7 Å². The Balaban J connectivity index is 2.32. The highest BCUT2D eigenvalue weighted by Gasteiger charge is 2.33. The molecule has 9 nitrogen and oxygen atoms in total. The average molecular weight is 456 g/mol. The molecule has 1 heterocycles. The van der Waals surface area contributed by atoms with Gasteiger partial charge in [0.05, 0.1) is 12.3 Å². The molecule has 1 atom stereocenters. The molecule has 3 N–H and O–H groups in total. The summed E-state index contributed by atoms with van der Waals surface area (Å²) in [6.45, 7) is 5.68. The minimum atomic E-state index is -3.17. The maximum Gasteiger partial charge on any atom is 0.387 e. The molecule has 0 radical (unpaired) electrons. The fourth-order valence-corrected chi connectivity index (χ4v) is 3.44. The number of rotatable bonds is 9. The van der Waals surface area contributed by atoms with Crippen LogP contribution in [0.25, 0.3) is 0 Å².